The summed E-state index contributed by atoms with van der Waals surface area (Å²) in [6, 6.07) is 8.56. The number of hydrogen-bond acceptors (Lipinski definition) is 3. The summed E-state index contributed by atoms with van der Waals surface area (Å²) in [5.74, 6) is -1.75. The van der Waals surface area contributed by atoms with E-state index in [1.807, 2.05) is 0 Å². The summed E-state index contributed by atoms with van der Waals surface area (Å²) in [6.07, 6.45) is 0. The van der Waals surface area contributed by atoms with Crippen LogP contribution in [0, 0.1) is 5.82 Å². The first-order valence-electron chi connectivity index (χ1n) is 8.40. The highest BCUT2D eigenvalue weighted by Gasteiger charge is 2.21. The van der Waals surface area contributed by atoms with Gasteiger partial charge in [0.15, 0.2) is 0 Å². The molecule has 28 heavy (non-hydrogen) atoms. The molecule has 2 N–H and O–H groups in total. The number of methoxy groups -OCH3 is 1. The molecule has 8 heteroatoms. The lowest BCUT2D eigenvalue weighted by Crippen LogP contribution is -2.28. The Labute approximate surface area is 165 Å². The van der Waals surface area contributed by atoms with Crippen molar-refractivity contribution < 1.29 is 23.8 Å². The Bertz CT molecular complexity index is 1080. The van der Waals surface area contributed by atoms with E-state index < -0.39 is 11.8 Å². The highest BCUT2D eigenvalue weighted by atomic mass is 35.5. The first-order valence-corrected chi connectivity index (χ1v) is 8.78. The fraction of sp³-hybridized carbons (Fsp3) is 0.200. The van der Waals surface area contributed by atoms with Crippen LogP contribution < -0.4 is 10.1 Å². The number of carboxylic acid groups (broad SMARTS) is 1. The lowest BCUT2D eigenvalue weighted by Gasteiger charge is -2.15. The molecule has 3 aromatic rings. The normalized spacial score (nSPS) is 12.0. The van der Waals surface area contributed by atoms with Crippen molar-refractivity contribution >= 4 is 34.4 Å². The number of fused-ring (bicyclic) bond motifs is 1. The first-order chi connectivity index (χ1) is 13.2. The van der Waals surface area contributed by atoms with Gasteiger partial charge in [0.1, 0.15) is 17.3 Å². The number of carboxylic acids is 1. The van der Waals surface area contributed by atoms with E-state index in [9.17, 15) is 14.0 Å². The topological polar surface area (TPSA) is 80.6 Å². The maximum Gasteiger partial charge on any atom is 0.335 e. The van der Waals surface area contributed by atoms with Crippen molar-refractivity contribution in [1.82, 2.24) is 9.88 Å². The van der Waals surface area contributed by atoms with Crippen molar-refractivity contribution in [2.45, 2.75) is 13.0 Å². The van der Waals surface area contributed by atoms with Gasteiger partial charge < -0.3 is 19.7 Å². The van der Waals surface area contributed by atoms with Crippen molar-refractivity contribution in [2.75, 3.05) is 7.11 Å². The smallest absolute Gasteiger partial charge is 0.335 e. The number of carbonyl (C=O) groups is 2. The Hall–Kier alpha value is -3.06. The summed E-state index contributed by atoms with van der Waals surface area (Å²) in [6.45, 7) is 1.78. The number of ether oxygens (including phenoxy) is 1. The third-order valence-corrected chi connectivity index (χ3v) is 5.01. The minimum atomic E-state index is -1.02. The number of halogens is 2. The van der Waals surface area contributed by atoms with E-state index in [1.54, 1.807) is 30.7 Å². The summed E-state index contributed by atoms with van der Waals surface area (Å²) < 4.78 is 20.8. The van der Waals surface area contributed by atoms with E-state index in [4.69, 9.17) is 21.4 Å². The molecule has 0 aliphatic heterocycles. The molecule has 146 valence electrons. The van der Waals surface area contributed by atoms with Gasteiger partial charge in [0.2, 0.25) is 0 Å². The molecule has 1 aromatic heterocycles. The van der Waals surface area contributed by atoms with E-state index in [-0.39, 0.29) is 34.0 Å². The van der Waals surface area contributed by atoms with Gasteiger partial charge in [0.25, 0.3) is 5.91 Å². The number of rotatable bonds is 5. The Morgan fingerprint density at radius 2 is 1.89 bits per heavy atom. The first kappa shape index (κ1) is 19.7. The summed E-state index contributed by atoms with van der Waals surface area (Å²) >= 11 is 6.06. The van der Waals surface area contributed by atoms with Gasteiger partial charge in [-0.1, -0.05) is 23.7 Å². The Balaban J connectivity index is 1.92. The van der Waals surface area contributed by atoms with Crippen LogP contribution in [-0.2, 0) is 7.05 Å². The molecule has 3 rings (SSSR count). The molecule has 0 unspecified atom stereocenters. The molecule has 1 atom stereocenters. The average molecular weight is 405 g/mol. The van der Waals surface area contributed by atoms with Crippen LogP contribution in [0.4, 0.5) is 4.39 Å². The number of nitrogens with one attached hydrogen (secondary N) is 1. The van der Waals surface area contributed by atoms with E-state index in [0.717, 1.165) is 5.56 Å². The van der Waals surface area contributed by atoms with Crippen molar-refractivity contribution in [3.63, 3.8) is 0 Å². The van der Waals surface area contributed by atoms with Crippen molar-refractivity contribution in [3.8, 4) is 5.75 Å². The van der Waals surface area contributed by atoms with Gasteiger partial charge in [-0.05, 0) is 30.7 Å². The molecule has 0 aliphatic rings. The van der Waals surface area contributed by atoms with Gasteiger partial charge in [-0.2, -0.15) is 0 Å². The van der Waals surface area contributed by atoms with Crippen LogP contribution in [0.15, 0.2) is 36.4 Å². The number of amides is 1. The molecule has 0 saturated carbocycles. The molecule has 6 nitrogen and oxygen atoms in total. The minimum Gasteiger partial charge on any atom is -0.494 e. The third kappa shape index (κ3) is 3.41. The number of hydrogen-bond donors (Lipinski definition) is 2. The molecular weight excluding hydrogens is 387 g/mol. The molecular formula is C20H18ClFN2O4. The maximum atomic E-state index is 14.0. The zero-order chi connectivity index (χ0) is 20.6. The molecule has 2 aromatic carbocycles. The molecule has 0 spiro atoms. The molecule has 0 aliphatic carbocycles. The minimum absolute atomic E-state index is 0.0808. The van der Waals surface area contributed by atoms with E-state index in [1.165, 1.54) is 31.4 Å². The van der Waals surface area contributed by atoms with Crippen LogP contribution in [0.25, 0.3) is 10.9 Å². The van der Waals surface area contributed by atoms with Crippen LogP contribution in [0.2, 0.25) is 5.02 Å². The maximum absolute atomic E-state index is 14.0. The van der Waals surface area contributed by atoms with E-state index in [0.29, 0.717) is 10.9 Å². The Morgan fingerprint density at radius 1 is 1.25 bits per heavy atom. The van der Waals surface area contributed by atoms with Crippen LogP contribution in [0.1, 0.15) is 39.4 Å². The van der Waals surface area contributed by atoms with Gasteiger partial charge >= 0.3 is 5.97 Å². The van der Waals surface area contributed by atoms with Gasteiger partial charge in [0.05, 0.1) is 29.3 Å². The molecule has 0 bridgehead atoms. The molecule has 0 fully saturated rings. The summed E-state index contributed by atoms with van der Waals surface area (Å²) in [5.41, 5.74) is 1.71. The highest BCUT2D eigenvalue weighted by molar-refractivity contribution is 6.36. The lowest BCUT2D eigenvalue weighted by molar-refractivity contribution is 0.0696. The number of aryl methyl sites for hydroxylation is 1. The number of aromatic carboxylic acids is 1. The van der Waals surface area contributed by atoms with Crippen LogP contribution in [-0.4, -0.2) is 28.7 Å². The van der Waals surface area contributed by atoms with Gasteiger partial charge in [-0.3, -0.25) is 4.79 Å². The quantitative estimate of drug-likeness (QED) is 0.668. The van der Waals surface area contributed by atoms with Gasteiger partial charge in [-0.25, -0.2) is 9.18 Å². The van der Waals surface area contributed by atoms with Gasteiger partial charge in [-0.15, -0.1) is 0 Å². The monoisotopic (exact) mass is 404 g/mol. The fourth-order valence-electron chi connectivity index (χ4n) is 3.09. The Morgan fingerprint density at radius 3 is 2.46 bits per heavy atom. The highest BCUT2D eigenvalue weighted by Crippen LogP contribution is 2.35. The van der Waals surface area contributed by atoms with Crippen molar-refractivity contribution in [3.05, 3.63) is 64.1 Å². The second-order valence-electron chi connectivity index (χ2n) is 6.35. The van der Waals surface area contributed by atoms with E-state index >= 15 is 0 Å². The molecule has 0 saturated heterocycles. The molecule has 1 amide bonds. The Kier molecular flexibility index (Phi) is 5.29. The van der Waals surface area contributed by atoms with E-state index in [2.05, 4.69) is 5.32 Å². The number of aromatic nitrogens is 1. The SMILES string of the molecule is COc1cc(F)c(Cl)c2cc(C(=O)N[C@H](C)c3ccc(C(=O)O)cc3)n(C)c12. The standard InChI is InChI=1S/C20H18ClFN2O4/c1-10(11-4-6-12(7-5-11)20(26)27)23-19(25)15-8-13-17(21)14(22)9-16(28-3)18(13)24(15)2/h4-10H,1-3H3,(H,23,25)(H,26,27)/t10-/m1/s1. The molecule has 1 heterocycles. The lowest BCUT2D eigenvalue weighted by atomic mass is 10.1. The summed E-state index contributed by atoms with van der Waals surface area (Å²) in [5, 5.41) is 12.1. The van der Waals surface area contributed by atoms with Crippen LogP contribution in [0.5, 0.6) is 5.75 Å². The second kappa shape index (κ2) is 7.52. The average Bonchev–Trinajstić information content (AvgIpc) is 3.02. The predicted molar refractivity (Wildman–Crippen MR) is 104 cm³/mol. The number of benzene rings is 2. The van der Waals surface area contributed by atoms with Crippen LogP contribution in [0.3, 0.4) is 0 Å². The largest absolute Gasteiger partial charge is 0.494 e. The van der Waals surface area contributed by atoms with Crippen molar-refractivity contribution in [1.29, 1.82) is 0 Å². The number of nitrogens with zero attached hydrogens (tertiary/aromatic N) is 1. The zero-order valence-electron chi connectivity index (χ0n) is 15.4. The molecule has 0 radical (unpaired) electrons. The summed E-state index contributed by atoms with van der Waals surface area (Å²) in [4.78, 5) is 23.7. The van der Waals surface area contributed by atoms with Gasteiger partial charge in [0, 0.05) is 18.5 Å². The van der Waals surface area contributed by atoms with Crippen LogP contribution >= 0.6 is 11.6 Å². The number of carbonyl (C=O) groups excluding carboxylic acids is 1. The second-order valence-corrected chi connectivity index (χ2v) is 6.73. The predicted octanol–water partition coefficient (Wildman–Crippen LogP) is 4.17. The third-order valence-electron chi connectivity index (χ3n) is 4.63. The zero-order valence-corrected chi connectivity index (χ0v) is 16.2. The summed E-state index contributed by atoms with van der Waals surface area (Å²) in [7, 11) is 3.08. The fourth-order valence-corrected chi connectivity index (χ4v) is 3.28. The van der Waals surface area contributed by atoms with Crippen molar-refractivity contribution in [2.24, 2.45) is 7.05 Å².